The first-order valence-electron chi connectivity index (χ1n) is 12.1. The number of carboxylic acids is 1. The largest absolute Gasteiger partial charge is 0.491 e. The Morgan fingerprint density at radius 2 is 1.46 bits per heavy atom. The van der Waals surface area contributed by atoms with Gasteiger partial charge in [-0.3, -0.25) is 9.59 Å². The van der Waals surface area contributed by atoms with Crippen molar-refractivity contribution in [1.82, 2.24) is 0 Å². The maximum absolute atomic E-state index is 12.6. The number of anilines is 1. The van der Waals surface area contributed by atoms with E-state index >= 15 is 0 Å². The molecule has 1 amide bonds. The van der Waals surface area contributed by atoms with Crippen LogP contribution < -0.4 is 10.1 Å². The van der Waals surface area contributed by atoms with E-state index in [-0.39, 0.29) is 18.9 Å². The molecule has 3 rings (SSSR count). The lowest BCUT2D eigenvalue weighted by Gasteiger charge is -2.11. The monoisotopic (exact) mass is 471 g/mol. The number of unbranched alkanes of at least 4 members (excludes halogenated alkanes) is 1. The number of benzene rings is 3. The summed E-state index contributed by atoms with van der Waals surface area (Å²) in [6, 6.07) is 26.1. The number of carboxylic acid groups (broad SMARTS) is 1. The molecular formula is C30H33NO4. The average Bonchev–Trinajstić information content (AvgIpc) is 2.86. The molecule has 2 N–H and O–H groups in total. The van der Waals surface area contributed by atoms with E-state index in [1.165, 1.54) is 11.1 Å². The number of carbonyl (C=O) groups excluding carboxylic acids is 1. The molecule has 0 saturated heterocycles. The molecule has 0 spiro atoms. The van der Waals surface area contributed by atoms with Gasteiger partial charge < -0.3 is 15.2 Å². The summed E-state index contributed by atoms with van der Waals surface area (Å²) in [7, 11) is 0. The summed E-state index contributed by atoms with van der Waals surface area (Å²) in [4.78, 5) is 23.3. The number of carbonyl (C=O) groups is 2. The van der Waals surface area contributed by atoms with Gasteiger partial charge in [-0.15, -0.1) is 0 Å². The van der Waals surface area contributed by atoms with Gasteiger partial charge in [-0.05, 0) is 73.4 Å². The van der Waals surface area contributed by atoms with Crippen molar-refractivity contribution in [3.8, 4) is 5.75 Å². The van der Waals surface area contributed by atoms with Gasteiger partial charge in [0.15, 0.2) is 0 Å². The lowest BCUT2D eigenvalue weighted by Crippen LogP contribution is -2.11. The van der Waals surface area contributed by atoms with Crippen LogP contribution in [0, 0.1) is 0 Å². The predicted octanol–water partition coefficient (Wildman–Crippen LogP) is 6.54. The van der Waals surface area contributed by atoms with Crippen molar-refractivity contribution < 1.29 is 19.4 Å². The Kier molecular flexibility index (Phi) is 10.1. The van der Waals surface area contributed by atoms with Crippen LogP contribution in [0.25, 0.3) is 5.57 Å². The quantitative estimate of drug-likeness (QED) is 0.219. The third-order valence-electron chi connectivity index (χ3n) is 5.72. The Morgan fingerprint density at radius 3 is 2.14 bits per heavy atom. The molecule has 3 aromatic carbocycles. The van der Waals surface area contributed by atoms with E-state index < -0.39 is 5.97 Å². The van der Waals surface area contributed by atoms with Crippen LogP contribution in [0.2, 0.25) is 0 Å². The summed E-state index contributed by atoms with van der Waals surface area (Å²) >= 11 is 0. The lowest BCUT2D eigenvalue weighted by molar-refractivity contribution is -0.137. The molecule has 0 aliphatic heterocycles. The fraction of sp³-hybridized carbons (Fsp3) is 0.267. The van der Waals surface area contributed by atoms with Gasteiger partial charge in [0.05, 0.1) is 12.3 Å². The summed E-state index contributed by atoms with van der Waals surface area (Å²) < 4.78 is 5.66. The van der Waals surface area contributed by atoms with Crippen molar-refractivity contribution in [3.63, 3.8) is 0 Å². The molecule has 0 bridgehead atoms. The van der Waals surface area contributed by atoms with Crippen LogP contribution in [-0.4, -0.2) is 23.6 Å². The number of hydrogen-bond donors (Lipinski definition) is 2. The van der Waals surface area contributed by atoms with Gasteiger partial charge >= 0.3 is 5.97 Å². The number of amides is 1. The smallest absolute Gasteiger partial charge is 0.303 e. The SMILES string of the molecule is C/C(=C\C(=O)Nc1ccccc1OCCCC(=O)O)c1ccc(CCCCc2ccccc2)cc1. The first kappa shape index (κ1) is 25.8. The Hall–Kier alpha value is -3.86. The maximum Gasteiger partial charge on any atom is 0.303 e. The average molecular weight is 472 g/mol. The highest BCUT2D eigenvalue weighted by molar-refractivity contribution is 6.04. The van der Waals surface area contributed by atoms with Gasteiger partial charge in [0.1, 0.15) is 5.75 Å². The summed E-state index contributed by atoms with van der Waals surface area (Å²) in [5, 5.41) is 11.6. The van der Waals surface area contributed by atoms with Crippen LogP contribution in [-0.2, 0) is 22.4 Å². The number of allylic oxidation sites excluding steroid dienone is 1. The van der Waals surface area contributed by atoms with Gasteiger partial charge in [0.2, 0.25) is 5.91 Å². The molecule has 0 aliphatic carbocycles. The molecule has 5 heteroatoms. The van der Waals surface area contributed by atoms with Gasteiger partial charge in [-0.2, -0.15) is 0 Å². The van der Waals surface area contributed by atoms with Crippen LogP contribution in [0.4, 0.5) is 5.69 Å². The second kappa shape index (κ2) is 13.8. The topological polar surface area (TPSA) is 75.6 Å². The molecule has 3 aromatic rings. The molecule has 0 atom stereocenters. The van der Waals surface area contributed by atoms with E-state index in [2.05, 4.69) is 53.8 Å². The van der Waals surface area contributed by atoms with Crippen LogP contribution in [0.5, 0.6) is 5.75 Å². The number of rotatable bonds is 13. The van der Waals surface area contributed by atoms with Gasteiger partial charge in [0.25, 0.3) is 0 Å². The molecule has 0 heterocycles. The second-order valence-electron chi connectivity index (χ2n) is 8.55. The van der Waals surface area contributed by atoms with Crippen molar-refractivity contribution in [2.75, 3.05) is 11.9 Å². The molecular weight excluding hydrogens is 438 g/mol. The fourth-order valence-electron chi connectivity index (χ4n) is 3.79. The normalized spacial score (nSPS) is 11.2. The van der Waals surface area contributed by atoms with Gasteiger partial charge in [-0.25, -0.2) is 0 Å². The van der Waals surface area contributed by atoms with E-state index in [0.717, 1.165) is 36.8 Å². The van der Waals surface area contributed by atoms with Crippen molar-refractivity contribution in [2.45, 2.75) is 45.4 Å². The maximum atomic E-state index is 12.6. The summed E-state index contributed by atoms with van der Waals surface area (Å²) in [6.07, 6.45) is 6.48. The lowest BCUT2D eigenvalue weighted by atomic mass is 10.0. The minimum Gasteiger partial charge on any atom is -0.491 e. The molecule has 0 aromatic heterocycles. The Labute approximate surface area is 207 Å². The molecule has 0 unspecified atom stereocenters. The van der Waals surface area contributed by atoms with Crippen LogP contribution in [0.3, 0.4) is 0 Å². The van der Waals surface area contributed by atoms with E-state index in [1.807, 2.05) is 25.1 Å². The number of para-hydroxylation sites is 2. The van der Waals surface area contributed by atoms with Gasteiger partial charge in [-0.1, -0.05) is 66.7 Å². The van der Waals surface area contributed by atoms with E-state index in [9.17, 15) is 9.59 Å². The highest BCUT2D eigenvalue weighted by atomic mass is 16.5. The fourth-order valence-corrected chi connectivity index (χ4v) is 3.79. The zero-order chi connectivity index (χ0) is 24.9. The zero-order valence-corrected chi connectivity index (χ0v) is 20.2. The van der Waals surface area contributed by atoms with E-state index in [0.29, 0.717) is 17.9 Å². The van der Waals surface area contributed by atoms with E-state index in [1.54, 1.807) is 18.2 Å². The highest BCUT2D eigenvalue weighted by Gasteiger charge is 2.08. The first-order valence-corrected chi connectivity index (χ1v) is 12.1. The molecule has 182 valence electrons. The summed E-state index contributed by atoms with van der Waals surface area (Å²) in [5.41, 5.74) is 5.12. The first-order chi connectivity index (χ1) is 17.0. The molecule has 0 aliphatic rings. The molecule has 0 saturated carbocycles. The standard InChI is InChI=1S/C30H33NO4/c1-23(22-29(32)31-27-14-7-8-15-28(27)35-21-9-16-30(33)34)26-19-17-25(18-20-26)13-6-5-12-24-10-3-2-4-11-24/h2-4,7-8,10-11,14-15,17-20,22H,5-6,9,12-13,16,21H2,1H3,(H,31,32)(H,33,34)/b23-22+. The van der Waals surface area contributed by atoms with Crippen LogP contribution in [0.1, 0.15) is 49.3 Å². The number of nitrogens with one attached hydrogen (secondary N) is 1. The number of aryl methyl sites for hydroxylation is 2. The Bertz CT molecular complexity index is 1120. The number of aliphatic carboxylic acids is 1. The third-order valence-corrected chi connectivity index (χ3v) is 5.72. The molecule has 0 radical (unpaired) electrons. The van der Waals surface area contributed by atoms with E-state index in [4.69, 9.17) is 9.84 Å². The van der Waals surface area contributed by atoms with Gasteiger partial charge in [0, 0.05) is 12.5 Å². The number of ether oxygens (including phenoxy) is 1. The van der Waals surface area contributed by atoms with Crippen LogP contribution in [0.15, 0.2) is 84.9 Å². The molecule has 0 fully saturated rings. The Morgan fingerprint density at radius 1 is 0.829 bits per heavy atom. The molecule has 5 nitrogen and oxygen atoms in total. The Balaban J connectivity index is 1.49. The van der Waals surface area contributed by atoms with Crippen molar-refractivity contribution in [2.24, 2.45) is 0 Å². The minimum atomic E-state index is -0.855. The highest BCUT2D eigenvalue weighted by Crippen LogP contribution is 2.24. The zero-order valence-electron chi connectivity index (χ0n) is 20.2. The summed E-state index contributed by atoms with van der Waals surface area (Å²) in [6.45, 7) is 2.19. The van der Waals surface area contributed by atoms with Crippen LogP contribution >= 0.6 is 0 Å². The number of hydrogen-bond acceptors (Lipinski definition) is 3. The van der Waals surface area contributed by atoms with Crippen molar-refractivity contribution in [1.29, 1.82) is 0 Å². The third kappa shape index (κ3) is 9.13. The molecule has 35 heavy (non-hydrogen) atoms. The second-order valence-corrected chi connectivity index (χ2v) is 8.55. The van der Waals surface area contributed by atoms with Crippen molar-refractivity contribution in [3.05, 3.63) is 102 Å². The minimum absolute atomic E-state index is 0.0446. The predicted molar refractivity (Wildman–Crippen MR) is 141 cm³/mol. The van der Waals surface area contributed by atoms with Crippen molar-refractivity contribution >= 4 is 23.1 Å². The summed E-state index contributed by atoms with van der Waals surface area (Å²) in [5.74, 6) is -0.574.